The van der Waals surface area contributed by atoms with Gasteiger partial charge in [0, 0.05) is 61.0 Å². The monoisotopic (exact) mass is 563 g/mol. The molecule has 3 N–H and O–H groups in total. The number of likely N-dealkylation sites (tertiary alicyclic amines) is 1. The molecule has 3 unspecified atom stereocenters. The van der Waals surface area contributed by atoms with E-state index in [4.69, 9.17) is 20.4 Å². The maximum Gasteiger partial charge on any atom is 0.254 e. The number of nitrogens with zero attached hydrogens (tertiary/aromatic N) is 5. The highest BCUT2D eigenvalue weighted by atomic mass is 16.5. The van der Waals surface area contributed by atoms with Gasteiger partial charge in [-0.2, -0.15) is 0 Å². The number of methoxy groups -OCH3 is 1. The second-order valence-electron chi connectivity index (χ2n) is 12.1. The molecule has 10 heteroatoms. The van der Waals surface area contributed by atoms with Crippen molar-refractivity contribution in [3.8, 4) is 28.5 Å². The van der Waals surface area contributed by atoms with Crippen LogP contribution in [-0.4, -0.2) is 60.6 Å². The van der Waals surface area contributed by atoms with E-state index in [9.17, 15) is 9.59 Å². The van der Waals surface area contributed by atoms with Crippen LogP contribution < -0.4 is 16.0 Å². The third kappa shape index (κ3) is 3.88. The normalized spacial score (nSPS) is 21.6. The molecule has 0 spiro atoms. The quantitative estimate of drug-likeness (QED) is 0.323. The van der Waals surface area contributed by atoms with Gasteiger partial charge in [0.05, 0.1) is 24.0 Å². The summed E-state index contributed by atoms with van der Waals surface area (Å²) in [5.74, 6) is 2.39. The summed E-state index contributed by atoms with van der Waals surface area (Å²) < 4.78 is 10.2. The van der Waals surface area contributed by atoms with Gasteiger partial charge >= 0.3 is 0 Å². The van der Waals surface area contributed by atoms with E-state index < -0.39 is 0 Å². The second kappa shape index (κ2) is 9.29. The largest absolute Gasteiger partial charge is 0.494 e. The van der Waals surface area contributed by atoms with E-state index in [0.717, 1.165) is 58.7 Å². The standard InChI is InChI=1S/C32H33N7O3/c1-37-29-23(11-21(13-26(29)42-2)32(41)39-16-20-6-9-24(39)28(20)33)36-31(37)25-12-18-5-8-22(19-7-10-27(40)34-14-19)35-30(18)38(25)15-17-3-4-17/h5,7-8,10-14,17,20,24,28H,3-4,6,9,15-16,33H2,1-2H3,(H,34,40). The molecule has 8 rings (SSSR count). The molecule has 214 valence electrons. The second-order valence-corrected chi connectivity index (χ2v) is 12.1. The maximum atomic E-state index is 13.7. The number of hydrogen-bond acceptors (Lipinski definition) is 6. The van der Waals surface area contributed by atoms with Crippen molar-refractivity contribution in [1.82, 2.24) is 29.0 Å². The van der Waals surface area contributed by atoms with Crippen LogP contribution in [-0.2, 0) is 13.6 Å². The molecule has 1 aliphatic heterocycles. The summed E-state index contributed by atoms with van der Waals surface area (Å²) in [6, 6.07) is 13.4. The smallest absolute Gasteiger partial charge is 0.254 e. The fourth-order valence-corrected chi connectivity index (χ4v) is 7.05. The minimum absolute atomic E-state index is 0.00751. The number of benzene rings is 1. The predicted molar refractivity (Wildman–Crippen MR) is 160 cm³/mol. The summed E-state index contributed by atoms with van der Waals surface area (Å²) in [6.07, 6.45) is 6.15. The van der Waals surface area contributed by atoms with Crippen molar-refractivity contribution in [2.24, 2.45) is 24.6 Å². The van der Waals surface area contributed by atoms with Gasteiger partial charge < -0.3 is 29.5 Å². The number of amides is 1. The minimum atomic E-state index is -0.141. The average molecular weight is 564 g/mol. The van der Waals surface area contributed by atoms with Crippen molar-refractivity contribution >= 4 is 28.0 Å². The molecule has 5 aromatic rings. The van der Waals surface area contributed by atoms with Crippen molar-refractivity contribution < 1.29 is 9.53 Å². The molecule has 1 saturated heterocycles. The van der Waals surface area contributed by atoms with Gasteiger partial charge in [-0.15, -0.1) is 0 Å². The van der Waals surface area contributed by atoms with Gasteiger partial charge in [-0.3, -0.25) is 9.59 Å². The Morgan fingerprint density at radius 3 is 2.64 bits per heavy atom. The molecular weight excluding hydrogens is 530 g/mol. The molecule has 1 aromatic carbocycles. The summed E-state index contributed by atoms with van der Waals surface area (Å²) in [5.41, 5.74) is 11.9. The molecule has 3 atom stereocenters. The molecule has 1 amide bonds. The Balaban J connectivity index is 1.24. The number of piperidine rings is 1. The van der Waals surface area contributed by atoms with Gasteiger partial charge in [-0.1, -0.05) is 0 Å². The molecule has 0 radical (unpaired) electrons. The number of pyridine rings is 2. The number of rotatable bonds is 6. The van der Waals surface area contributed by atoms with Crippen LogP contribution in [0.5, 0.6) is 5.75 Å². The average Bonchev–Trinajstić information content (AvgIpc) is 3.41. The van der Waals surface area contributed by atoms with Crippen molar-refractivity contribution in [1.29, 1.82) is 0 Å². The first-order valence-corrected chi connectivity index (χ1v) is 14.7. The number of ether oxygens (including phenoxy) is 1. The van der Waals surface area contributed by atoms with Crippen LogP contribution in [0.3, 0.4) is 0 Å². The maximum absolute atomic E-state index is 13.7. The number of carbonyl (C=O) groups is 1. The van der Waals surface area contributed by atoms with Crippen LogP contribution in [0.25, 0.3) is 44.8 Å². The number of carbonyl (C=O) groups excluding carboxylic acids is 1. The Labute approximate surface area is 242 Å². The van der Waals surface area contributed by atoms with Crippen LogP contribution in [0.15, 0.2) is 53.5 Å². The zero-order valence-corrected chi connectivity index (χ0v) is 23.7. The molecule has 42 heavy (non-hydrogen) atoms. The Kier molecular flexibility index (Phi) is 5.59. The lowest BCUT2D eigenvalue weighted by Gasteiger charge is -2.27. The first-order chi connectivity index (χ1) is 20.4. The van der Waals surface area contributed by atoms with E-state index >= 15 is 0 Å². The van der Waals surface area contributed by atoms with Crippen molar-refractivity contribution in [2.45, 2.75) is 44.3 Å². The Hall–Kier alpha value is -4.44. The molecular formula is C32H33N7O3. The van der Waals surface area contributed by atoms with Crippen molar-refractivity contribution in [3.05, 3.63) is 64.6 Å². The summed E-state index contributed by atoms with van der Waals surface area (Å²) in [7, 11) is 3.63. The third-order valence-corrected chi connectivity index (χ3v) is 9.51. The van der Waals surface area contributed by atoms with Crippen LogP contribution in [0, 0.1) is 11.8 Å². The first kappa shape index (κ1) is 25.3. The Morgan fingerprint density at radius 2 is 1.95 bits per heavy atom. The zero-order chi connectivity index (χ0) is 28.7. The lowest BCUT2D eigenvalue weighted by atomic mass is 10.1. The summed E-state index contributed by atoms with van der Waals surface area (Å²) in [4.78, 5) is 40.1. The number of fused-ring (bicyclic) bond motifs is 4. The molecule has 3 aliphatic rings. The van der Waals surface area contributed by atoms with Gasteiger partial charge in [0.2, 0.25) is 5.56 Å². The lowest BCUT2D eigenvalue weighted by Crippen LogP contribution is -2.41. The molecule has 5 heterocycles. The summed E-state index contributed by atoms with van der Waals surface area (Å²) in [6.45, 7) is 1.57. The Bertz CT molecular complexity index is 1930. The van der Waals surface area contributed by atoms with E-state index in [2.05, 4.69) is 26.3 Å². The minimum Gasteiger partial charge on any atom is -0.494 e. The highest BCUT2D eigenvalue weighted by Crippen LogP contribution is 2.40. The fraction of sp³-hybridized carbons (Fsp3) is 0.375. The van der Waals surface area contributed by atoms with Gasteiger partial charge in [-0.05, 0) is 73.9 Å². The number of H-pyrrole nitrogens is 1. The molecule has 4 aromatic heterocycles. The molecule has 3 fully saturated rings. The zero-order valence-electron chi connectivity index (χ0n) is 23.7. The van der Waals surface area contributed by atoms with Crippen LogP contribution in [0.1, 0.15) is 36.0 Å². The van der Waals surface area contributed by atoms with Gasteiger partial charge in [0.1, 0.15) is 16.9 Å². The number of aryl methyl sites for hydroxylation is 1. The van der Waals surface area contributed by atoms with Crippen molar-refractivity contribution in [3.63, 3.8) is 0 Å². The highest BCUT2D eigenvalue weighted by molar-refractivity contribution is 6.00. The number of imidazole rings is 1. The van der Waals surface area contributed by atoms with Crippen molar-refractivity contribution in [2.75, 3.05) is 13.7 Å². The third-order valence-electron chi connectivity index (χ3n) is 9.51. The first-order valence-electron chi connectivity index (χ1n) is 14.7. The Morgan fingerprint density at radius 1 is 1.10 bits per heavy atom. The van der Waals surface area contributed by atoms with E-state index in [0.29, 0.717) is 35.2 Å². The number of nitrogens with one attached hydrogen (secondary N) is 1. The highest BCUT2D eigenvalue weighted by Gasteiger charge is 2.47. The van der Waals surface area contributed by atoms with E-state index in [1.807, 2.05) is 30.1 Å². The number of aromatic nitrogens is 5. The van der Waals surface area contributed by atoms with Gasteiger partial charge in [-0.25, -0.2) is 9.97 Å². The van der Waals surface area contributed by atoms with Crippen LogP contribution in [0.4, 0.5) is 0 Å². The summed E-state index contributed by atoms with van der Waals surface area (Å²) in [5, 5.41) is 1.02. The fourth-order valence-electron chi connectivity index (χ4n) is 7.05. The SMILES string of the molecule is COc1cc(C(=O)N2CC3CCC2C3N)cc2nc(-c3cc4ccc(-c5ccc(=O)[nH]c5)nc4n3CC3CC3)n(C)c12. The number of hydrogen-bond donors (Lipinski definition) is 2. The number of nitrogens with two attached hydrogens (primary N) is 1. The molecule has 10 nitrogen and oxygen atoms in total. The van der Waals surface area contributed by atoms with Crippen LogP contribution >= 0.6 is 0 Å². The van der Waals surface area contributed by atoms with E-state index in [1.54, 1.807) is 19.4 Å². The molecule has 2 aliphatic carbocycles. The van der Waals surface area contributed by atoms with E-state index in [-0.39, 0.29) is 23.6 Å². The van der Waals surface area contributed by atoms with Gasteiger partial charge in [0.15, 0.2) is 5.82 Å². The molecule has 2 bridgehead atoms. The van der Waals surface area contributed by atoms with Gasteiger partial charge in [0.25, 0.3) is 5.91 Å². The summed E-state index contributed by atoms with van der Waals surface area (Å²) >= 11 is 0. The number of aromatic amines is 1. The van der Waals surface area contributed by atoms with E-state index in [1.165, 1.54) is 18.9 Å². The molecule has 2 saturated carbocycles. The predicted octanol–water partition coefficient (Wildman–Crippen LogP) is 3.93. The lowest BCUT2D eigenvalue weighted by molar-refractivity contribution is 0.0700. The topological polar surface area (TPSA) is 124 Å². The van der Waals surface area contributed by atoms with Crippen LogP contribution in [0.2, 0.25) is 0 Å².